The van der Waals surface area contributed by atoms with E-state index in [1.807, 2.05) is 85.1 Å². The van der Waals surface area contributed by atoms with Crippen molar-refractivity contribution < 1.29 is 19.1 Å². The van der Waals surface area contributed by atoms with Crippen molar-refractivity contribution in [1.82, 2.24) is 4.98 Å². The minimum atomic E-state index is -0.189. The first-order chi connectivity index (χ1) is 35.8. The molecule has 0 aliphatic carbocycles. The second-order valence-electron chi connectivity index (χ2n) is 20.7. The largest absolute Gasteiger partial charge is 0.465 e. The number of halogens is 1. The van der Waals surface area contributed by atoms with E-state index in [0.717, 1.165) is 36.0 Å². The zero-order chi connectivity index (χ0) is 55.3. The molecule has 0 unspecified atom stereocenters. The zero-order valence-corrected chi connectivity index (χ0v) is 48.6. The number of aryl methyl sites for hydroxylation is 4. The number of aromatic nitrogens is 1. The number of nitrogens with zero attached hydrogens (tertiary/aromatic N) is 1. The van der Waals surface area contributed by atoms with E-state index in [2.05, 4.69) is 175 Å². The molecule has 1 aromatic heterocycles. The number of benzene rings is 6. The van der Waals surface area contributed by atoms with Crippen LogP contribution in [0.1, 0.15) is 185 Å². The molecule has 0 atom stereocenters. The number of ether oxygens (including phenoxy) is 2. The first-order valence-corrected chi connectivity index (χ1v) is 27.5. The summed E-state index contributed by atoms with van der Waals surface area (Å²) in [6.07, 6.45) is 7.23. The van der Waals surface area contributed by atoms with Crippen molar-refractivity contribution in [2.75, 3.05) is 6.61 Å². The van der Waals surface area contributed by atoms with Gasteiger partial charge in [0.25, 0.3) is 0 Å². The molecule has 6 heteroatoms. The molecule has 0 fully saturated rings. The van der Waals surface area contributed by atoms with E-state index in [4.69, 9.17) is 21.1 Å². The monoisotopic (exact) mass is 1030 g/mol. The number of esters is 2. The fourth-order valence-electron chi connectivity index (χ4n) is 8.73. The Morgan fingerprint density at radius 1 is 0.453 bits per heavy atom. The molecule has 0 saturated carbocycles. The smallest absolute Gasteiger partial charge is 0.310 e. The summed E-state index contributed by atoms with van der Waals surface area (Å²) in [7, 11) is 0. The Labute approximate surface area is 458 Å². The Balaban J connectivity index is 0.000000255. The minimum absolute atomic E-state index is 0.166. The van der Waals surface area contributed by atoms with Gasteiger partial charge in [0.15, 0.2) is 0 Å². The van der Waals surface area contributed by atoms with Gasteiger partial charge in [-0.3, -0.25) is 14.6 Å². The summed E-state index contributed by atoms with van der Waals surface area (Å²) in [6, 6.07) is 51.1. The van der Waals surface area contributed by atoms with Crippen molar-refractivity contribution in [2.24, 2.45) is 0 Å². The molecule has 0 bridgehead atoms. The summed E-state index contributed by atoms with van der Waals surface area (Å²) in [5.41, 5.74) is 17.0. The van der Waals surface area contributed by atoms with Crippen LogP contribution in [0.4, 0.5) is 0 Å². The number of carbonyl (C=O) groups is 2. The van der Waals surface area contributed by atoms with E-state index in [0.29, 0.717) is 60.7 Å². The second kappa shape index (κ2) is 34.3. The Bertz CT molecular complexity index is 2680. The molecule has 0 N–H and O–H groups in total. The summed E-state index contributed by atoms with van der Waals surface area (Å²) in [6.45, 7) is 31.6. The van der Waals surface area contributed by atoms with Gasteiger partial charge in [0.2, 0.25) is 0 Å². The van der Waals surface area contributed by atoms with E-state index in [9.17, 15) is 9.59 Å². The van der Waals surface area contributed by atoms with Crippen LogP contribution in [0.5, 0.6) is 0 Å². The summed E-state index contributed by atoms with van der Waals surface area (Å²) in [4.78, 5) is 27.5. The molecule has 0 amide bonds. The molecule has 0 saturated heterocycles. The highest BCUT2D eigenvalue weighted by Gasteiger charge is 2.11. The molecular weight excluding hydrogens is 942 g/mol. The summed E-state index contributed by atoms with van der Waals surface area (Å²) in [5.74, 6) is 2.46. The van der Waals surface area contributed by atoms with Crippen molar-refractivity contribution in [3.8, 4) is 0 Å². The molecule has 0 aliphatic rings. The van der Waals surface area contributed by atoms with Gasteiger partial charge in [0.1, 0.15) is 6.61 Å². The molecule has 0 spiro atoms. The standard InChI is InChI=1S/C19H22O2.C18H20O2.C13H20.C11H16.C8H10ClN/c1-15(2)18-10-6-9-17(13-18)11-12-21-19(20)14-16-7-4-3-5-8-16;1-14(2)17-10-6-9-16(11-17)13-20-18(19)12-15-7-4-3-5-8-15;1-5-11-8-7-9-12(6-2)13(11)10(3)4;1-8(2)11-9(3)6-5-7-10(11)4;1-6(2)7-3-8(9)5-10-4-7/h3-10,13,15H,11-12,14H2,1-2H3;3-11,14H,12-13H2,1-2H3;7-10H,5-6H2,1-4H3;5-8H,1-4H3;3-6H,1-2H3. The highest BCUT2D eigenvalue weighted by atomic mass is 35.5. The lowest BCUT2D eigenvalue weighted by atomic mass is 9.90. The van der Waals surface area contributed by atoms with Gasteiger partial charge in [-0.05, 0) is 135 Å². The van der Waals surface area contributed by atoms with Crippen LogP contribution in [0, 0.1) is 13.8 Å². The Morgan fingerprint density at radius 3 is 1.31 bits per heavy atom. The van der Waals surface area contributed by atoms with E-state index in [-0.39, 0.29) is 11.9 Å². The second-order valence-corrected chi connectivity index (χ2v) is 21.1. The number of hydrogen-bond donors (Lipinski definition) is 0. The van der Waals surface area contributed by atoms with Crippen LogP contribution >= 0.6 is 11.6 Å². The number of pyridine rings is 1. The summed E-state index contributed by atoms with van der Waals surface area (Å²) >= 11 is 5.73. The normalized spacial score (nSPS) is 10.6. The molecule has 7 aromatic rings. The van der Waals surface area contributed by atoms with Crippen LogP contribution in [0.25, 0.3) is 0 Å². The highest BCUT2D eigenvalue weighted by molar-refractivity contribution is 6.30. The van der Waals surface area contributed by atoms with Gasteiger partial charge in [-0.1, -0.05) is 240 Å². The van der Waals surface area contributed by atoms with E-state index in [1.165, 1.54) is 50.1 Å². The van der Waals surface area contributed by atoms with Crippen LogP contribution in [0.2, 0.25) is 5.02 Å². The minimum Gasteiger partial charge on any atom is -0.465 e. The van der Waals surface area contributed by atoms with Gasteiger partial charge in [0.05, 0.1) is 24.5 Å². The molecule has 7 rings (SSSR count). The lowest BCUT2D eigenvalue weighted by Crippen LogP contribution is -2.10. The van der Waals surface area contributed by atoms with Crippen molar-refractivity contribution >= 4 is 23.5 Å². The summed E-state index contributed by atoms with van der Waals surface area (Å²) < 4.78 is 10.6. The van der Waals surface area contributed by atoms with Gasteiger partial charge < -0.3 is 9.47 Å². The van der Waals surface area contributed by atoms with Crippen LogP contribution in [0.15, 0.2) is 164 Å². The predicted octanol–water partition coefficient (Wildman–Crippen LogP) is 18.5. The topological polar surface area (TPSA) is 65.5 Å². The van der Waals surface area contributed by atoms with Gasteiger partial charge >= 0.3 is 11.9 Å². The maximum atomic E-state index is 11.8. The van der Waals surface area contributed by atoms with Crippen LogP contribution < -0.4 is 0 Å². The zero-order valence-electron chi connectivity index (χ0n) is 47.9. The maximum absolute atomic E-state index is 11.8. The van der Waals surface area contributed by atoms with Crippen LogP contribution in [-0.2, 0) is 57.8 Å². The number of rotatable bonds is 16. The third-order valence-corrected chi connectivity index (χ3v) is 13.0. The Morgan fingerprint density at radius 2 is 0.880 bits per heavy atom. The first kappa shape index (κ1) is 63.0. The third-order valence-electron chi connectivity index (χ3n) is 12.8. The van der Waals surface area contributed by atoms with Crippen molar-refractivity contribution in [1.29, 1.82) is 0 Å². The molecule has 5 nitrogen and oxygen atoms in total. The third kappa shape index (κ3) is 23.8. The quantitative estimate of drug-likeness (QED) is 0.0903. The van der Waals surface area contributed by atoms with Crippen LogP contribution in [-0.4, -0.2) is 23.5 Å². The predicted molar refractivity (Wildman–Crippen MR) is 318 cm³/mol. The van der Waals surface area contributed by atoms with Crippen molar-refractivity contribution in [3.63, 3.8) is 0 Å². The van der Waals surface area contributed by atoms with Gasteiger partial charge in [-0.2, -0.15) is 0 Å². The number of carbonyl (C=O) groups excluding carboxylic acids is 2. The van der Waals surface area contributed by atoms with Gasteiger partial charge in [0, 0.05) is 18.8 Å². The highest BCUT2D eigenvalue weighted by Crippen LogP contribution is 2.25. The lowest BCUT2D eigenvalue weighted by molar-refractivity contribution is -0.144. The maximum Gasteiger partial charge on any atom is 0.310 e. The number of hydrogen-bond acceptors (Lipinski definition) is 5. The Hall–Kier alpha value is -6.30. The fourth-order valence-corrected chi connectivity index (χ4v) is 8.91. The van der Waals surface area contributed by atoms with E-state index in [1.54, 1.807) is 11.8 Å². The molecule has 400 valence electrons. The lowest BCUT2D eigenvalue weighted by Gasteiger charge is -2.16. The van der Waals surface area contributed by atoms with Gasteiger partial charge in [-0.25, -0.2) is 0 Å². The van der Waals surface area contributed by atoms with E-state index >= 15 is 0 Å². The molecule has 1 heterocycles. The first-order valence-electron chi connectivity index (χ1n) is 27.2. The molecule has 75 heavy (non-hydrogen) atoms. The van der Waals surface area contributed by atoms with Crippen molar-refractivity contribution in [2.45, 2.75) is 165 Å². The average molecular weight is 1030 g/mol. The Kier molecular flexibility index (Phi) is 28.8. The fraction of sp³-hybridized carbons (Fsp3) is 0.377. The summed E-state index contributed by atoms with van der Waals surface area (Å²) in [5, 5.41) is 0.714. The average Bonchev–Trinajstić information content (AvgIpc) is 3.39. The van der Waals surface area contributed by atoms with Crippen LogP contribution in [0.3, 0.4) is 0 Å². The van der Waals surface area contributed by atoms with E-state index < -0.39 is 0 Å². The molecule has 0 radical (unpaired) electrons. The molecule has 0 aliphatic heterocycles. The van der Waals surface area contributed by atoms with Crippen molar-refractivity contribution in [3.05, 3.63) is 241 Å². The van der Waals surface area contributed by atoms with Gasteiger partial charge in [-0.15, -0.1) is 0 Å². The molecular formula is C69H88ClNO4. The SMILES string of the molecule is CC(C)c1cccc(CCOC(=O)Cc2ccccc2)c1.CC(C)c1cccc(COC(=O)Cc2ccccc2)c1.CC(C)c1cncc(Cl)c1.CCc1cccc(CC)c1C(C)C.Cc1cccc(C)c1C(C)C. The molecule has 6 aromatic carbocycles.